The highest BCUT2D eigenvalue weighted by Gasteiger charge is 2.36. The van der Waals surface area contributed by atoms with Gasteiger partial charge in [0.05, 0.1) is 18.8 Å². The molecule has 4 atom stereocenters. The summed E-state index contributed by atoms with van der Waals surface area (Å²) in [6.45, 7) is 1.03. The van der Waals surface area contributed by atoms with E-state index in [1.54, 1.807) is 6.92 Å². The van der Waals surface area contributed by atoms with Crippen LogP contribution in [0.5, 0.6) is 0 Å². The highest BCUT2D eigenvalue weighted by molar-refractivity contribution is 8.07. The summed E-state index contributed by atoms with van der Waals surface area (Å²) in [4.78, 5) is 9.73. The monoisotopic (exact) mass is 264 g/mol. The van der Waals surface area contributed by atoms with E-state index in [2.05, 4.69) is 6.92 Å². The van der Waals surface area contributed by atoms with Crippen LogP contribution in [0.25, 0.3) is 0 Å². The average Bonchev–Trinajstić information content (AvgIpc) is 2.46. The van der Waals surface area contributed by atoms with Crippen LogP contribution < -0.4 is 0 Å². The minimum atomic E-state index is -3.13. The lowest BCUT2D eigenvalue weighted by atomic mass is 9.96. The molecule has 16 heavy (non-hydrogen) atoms. The Bertz CT molecular complexity index is 266. The van der Waals surface area contributed by atoms with E-state index in [1.807, 2.05) is 0 Å². The van der Waals surface area contributed by atoms with Crippen molar-refractivity contribution in [1.29, 1.82) is 0 Å². The van der Waals surface area contributed by atoms with Crippen molar-refractivity contribution in [3.63, 3.8) is 0 Å². The maximum Gasteiger partial charge on any atom is 0.324 e. The van der Waals surface area contributed by atoms with Gasteiger partial charge in [0.1, 0.15) is 7.85 Å². The van der Waals surface area contributed by atoms with Gasteiger partial charge in [0.25, 0.3) is 0 Å². The van der Waals surface area contributed by atoms with Gasteiger partial charge in [-0.25, -0.2) is 0 Å². The molecule has 1 aliphatic rings. The second kappa shape index (κ2) is 6.48. The van der Waals surface area contributed by atoms with Gasteiger partial charge in [-0.15, -0.1) is 0 Å². The summed E-state index contributed by atoms with van der Waals surface area (Å²) in [5.74, 6) is 0. The molecule has 0 amide bonds. The van der Waals surface area contributed by atoms with Crippen molar-refractivity contribution < 1.29 is 18.7 Å². The topological polar surface area (TPSA) is 47.9 Å². The van der Waals surface area contributed by atoms with Gasteiger partial charge in [-0.1, -0.05) is 13.3 Å². The maximum absolute atomic E-state index is 9.73. The zero-order chi connectivity index (χ0) is 12.2. The molecule has 2 unspecified atom stereocenters. The zero-order valence-electron chi connectivity index (χ0n) is 9.67. The van der Waals surface area contributed by atoms with Gasteiger partial charge in [-0.05, 0) is 31.6 Å². The van der Waals surface area contributed by atoms with Gasteiger partial charge in [-0.2, -0.15) is 0 Å². The van der Waals surface area contributed by atoms with Crippen LogP contribution >= 0.6 is 6.72 Å². The highest BCUT2D eigenvalue weighted by atomic mass is 32.5. The smallest absolute Gasteiger partial charge is 0.324 e. The maximum atomic E-state index is 9.73. The minimum Gasteiger partial charge on any atom is -0.382 e. The summed E-state index contributed by atoms with van der Waals surface area (Å²) in [5, 5.41) is 0. The van der Waals surface area contributed by atoms with E-state index in [4.69, 9.17) is 33.4 Å². The Morgan fingerprint density at radius 3 is 2.81 bits per heavy atom. The lowest BCUT2D eigenvalue weighted by molar-refractivity contribution is 0.0285. The standard InChI is InChI=1S/C9H18BO4PS/c1-3-5-7-8(6-9(10)13-7)14-15(11,16)12-4-2/h7-9H,3-6H2,1-2H3,(H,11,16)/t7-,8?,9-,15?/m1/s1. The lowest BCUT2D eigenvalue weighted by Gasteiger charge is -2.23. The summed E-state index contributed by atoms with van der Waals surface area (Å²) < 4.78 is 15.9. The quantitative estimate of drug-likeness (QED) is 0.584. The Labute approximate surface area is 103 Å². The third-order valence-electron chi connectivity index (χ3n) is 2.36. The van der Waals surface area contributed by atoms with Crippen LogP contribution in [0.1, 0.15) is 33.1 Å². The van der Waals surface area contributed by atoms with Gasteiger partial charge < -0.3 is 18.7 Å². The van der Waals surface area contributed by atoms with Crippen molar-refractivity contribution in [2.24, 2.45) is 0 Å². The number of ether oxygens (including phenoxy) is 1. The Morgan fingerprint density at radius 2 is 2.25 bits per heavy atom. The molecule has 1 heterocycles. The molecular weight excluding hydrogens is 246 g/mol. The fourth-order valence-corrected chi connectivity index (χ4v) is 3.36. The highest BCUT2D eigenvalue weighted by Crippen LogP contribution is 2.47. The molecule has 0 saturated carbocycles. The SMILES string of the molecule is [B][C@H]1CC(OP(O)(=S)OCC)[C@@H](CCC)O1. The van der Waals surface area contributed by atoms with Crippen molar-refractivity contribution in [3.8, 4) is 0 Å². The molecule has 1 saturated heterocycles. The molecule has 1 aliphatic heterocycles. The molecule has 0 spiro atoms. The Morgan fingerprint density at radius 1 is 1.56 bits per heavy atom. The fourth-order valence-electron chi connectivity index (χ4n) is 1.76. The van der Waals surface area contributed by atoms with Crippen LogP contribution in [-0.4, -0.2) is 37.6 Å². The Kier molecular flexibility index (Phi) is 5.92. The van der Waals surface area contributed by atoms with Crippen molar-refractivity contribution >= 4 is 26.4 Å². The molecule has 1 fully saturated rings. The Hall–Kier alpha value is 0.555. The predicted octanol–water partition coefficient (Wildman–Crippen LogP) is 1.71. The molecule has 92 valence electrons. The van der Waals surface area contributed by atoms with Crippen molar-refractivity contribution in [3.05, 3.63) is 0 Å². The van der Waals surface area contributed by atoms with Crippen LogP contribution in [-0.2, 0) is 25.6 Å². The summed E-state index contributed by atoms with van der Waals surface area (Å²) in [6.07, 6.45) is 2.03. The van der Waals surface area contributed by atoms with E-state index in [1.165, 1.54) is 0 Å². The molecule has 4 nitrogen and oxygen atoms in total. The van der Waals surface area contributed by atoms with Crippen molar-refractivity contribution in [2.45, 2.75) is 51.3 Å². The van der Waals surface area contributed by atoms with Gasteiger partial charge in [0.2, 0.25) is 0 Å². The lowest BCUT2D eigenvalue weighted by Crippen LogP contribution is -2.23. The Balaban J connectivity index is 2.54. The molecule has 0 aliphatic carbocycles. The first-order valence-corrected chi connectivity index (χ1v) is 8.14. The molecule has 1 N–H and O–H groups in total. The van der Waals surface area contributed by atoms with Crippen molar-refractivity contribution in [2.75, 3.05) is 6.61 Å². The second-order valence-corrected chi connectivity index (χ2v) is 6.56. The van der Waals surface area contributed by atoms with Crippen LogP contribution in [0.15, 0.2) is 0 Å². The summed E-state index contributed by atoms with van der Waals surface area (Å²) in [6, 6.07) is -0.335. The summed E-state index contributed by atoms with van der Waals surface area (Å²) in [7, 11) is 5.69. The number of hydrogen-bond donors (Lipinski definition) is 1. The molecule has 1 rings (SSSR count). The van der Waals surface area contributed by atoms with E-state index in [0.717, 1.165) is 12.8 Å². The number of rotatable bonds is 6. The zero-order valence-corrected chi connectivity index (χ0v) is 11.4. The minimum absolute atomic E-state index is 0.0880. The fraction of sp³-hybridized carbons (Fsp3) is 1.00. The second-order valence-electron chi connectivity index (χ2n) is 3.77. The normalized spacial score (nSPS) is 33.8. The van der Waals surface area contributed by atoms with Crippen LogP contribution in [0, 0.1) is 0 Å². The first-order chi connectivity index (χ1) is 7.48. The first-order valence-electron chi connectivity index (χ1n) is 5.55. The van der Waals surface area contributed by atoms with E-state index in [9.17, 15) is 4.89 Å². The van der Waals surface area contributed by atoms with Crippen molar-refractivity contribution in [1.82, 2.24) is 0 Å². The van der Waals surface area contributed by atoms with Gasteiger partial charge >= 0.3 is 6.72 Å². The predicted molar refractivity (Wildman–Crippen MR) is 66.9 cm³/mol. The van der Waals surface area contributed by atoms with E-state index >= 15 is 0 Å². The van der Waals surface area contributed by atoms with Gasteiger partial charge in [0, 0.05) is 6.00 Å². The summed E-state index contributed by atoms with van der Waals surface area (Å²) in [5.41, 5.74) is 0. The third kappa shape index (κ3) is 4.44. The van der Waals surface area contributed by atoms with Crippen LogP contribution in [0.2, 0.25) is 0 Å². The molecule has 0 aromatic rings. The van der Waals surface area contributed by atoms with Crippen LogP contribution in [0.3, 0.4) is 0 Å². The summed E-state index contributed by atoms with van der Waals surface area (Å²) >= 11 is 4.88. The average molecular weight is 264 g/mol. The molecular formula is C9H18BO4PS. The number of hydrogen-bond acceptors (Lipinski definition) is 4. The van der Waals surface area contributed by atoms with Gasteiger partial charge in [-0.3, -0.25) is 0 Å². The molecule has 7 heteroatoms. The van der Waals surface area contributed by atoms with E-state index < -0.39 is 6.72 Å². The molecule has 2 radical (unpaired) electrons. The largest absolute Gasteiger partial charge is 0.382 e. The van der Waals surface area contributed by atoms with Gasteiger partial charge in [0.15, 0.2) is 0 Å². The van der Waals surface area contributed by atoms with E-state index in [0.29, 0.717) is 13.0 Å². The third-order valence-corrected chi connectivity index (χ3v) is 4.06. The van der Waals surface area contributed by atoms with E-state index in [-0.39, 0.29) is 18.2 Å². The molecule has 0 bridgehead atoms. The molecule has 0 aromatic heterocycles. The first kappa shape index (κ1) is 14.6. The molecule has 0 aromatic carbocycles. The van der Waals surface area contributed by atoms with Crippen LogP contribution in [0.4, 0.5) is 0 Å².